The molecule has 1 aliphatic heterocycles. The molecule has 1 aromatic carbocycles. The van der Waals surface area contributed by atoms with E-state index >= 15 is 0 Å². The SMILES string of the molecule is CC(=O)[C@H]1[C@H](c2cccc(C)c2)NC(=O)N[C@@]1(O)C(F)(F)F. The Balaban J connectivity index is 2.57. The molecule has 1 heterocycles. The van der Waals surface area contributed by atoms with Crippen LogP contribution < -0.4 is 10.6 Å². The molecule has 0 unspecified atom stereocenters. The molecule has 1 aromatic rings. The number of amides is 2. The summed E-state index contributed by atoms with van der Waals surface area (Å²) in [5.41, 5.74) is -2.55. The second-order valence-electron chi connectivity index (χ2n) is 5.34. The number of carbonyl (C=O) groups excluding carboxylic acids is 2. The minimum atomic E-state index is -5.19. The first-order valence-electron chi connectivity index (χ1n) is 6.51. The summed E-state index contributed by atoms with van der Waals surface area (Å²) >= 11 is 0. The van der Waals surface area contributed by atoms with Gasteiger partial charge in [0.05, 0.1) is 12.0 Å². The lowest BCUT2D eigenvalue weighted by Crippen LogP contribution is -2.72. The van der Waals surface area contributed by atoms with Crippen LogP contribution in [-0.4, -0.2) is 28.8 Å². The average Bonchev–Trinajstić information content (AvgIpc) is 2.35. The van der Waals surface area contributed by atoms with Gasteiger partial charge in [-0.25, -0.2) is 4.79 Å². The Morgan fingerprint density at radius 1 is 1.36 bits per heavy atom. The molecule has 1 aliphatic rings. The first-order chi connectivity index (χ1) is 10.1. The van der Waals surface area contributed by atoms with Crippen LogP contribution in [0.4, 0.5) is 18.0 Å². The topological polar surface area (TPSA) is 78.4 Å². The van der Waals surface area contributed by atoms with Gasteiger partial charge in [0.1, 0.15) is 5.78 Å². The zero-order valence-corrected chi connectivity index (χ0v) is 11.9. The van der Waals surface area contributed by atoms with Crippen molar-refractivity contribution >= 4 is 11.8 Å². The highest BCUT2D eigenvalue weighted by atomic mass is 19.4. The lowest BCUT2D eigenvalue weighted by atomic mass is 9.79. The number of nitrogens with one attached hydrogen (secondary N) is 2. The molecule has 2 rings (SSSR count). The number of carbonyl (C=O) groups is 2. The fourth-order valence-electron chi connectivity index (χ4n) is 2.67. The standard InChI is InChI=1S/C14H15F3N2O3/c1-7-4-3-5-9(6-7)11-10(8(2)20)13(22,14(15,16)17)19-12(21)18-11/h3-6,10-11,22H,1-2H3,(H2,18,19,21)/t10-,11-,13-/m0/s1. The van der Waals surface area contributed by atoms with Crippen molar-refractivity contribution in [2.45, 2.75) is 31.8 Å². The molecule has 3 atom stereocenters. The quantitative estimate of drug-likeness (QED) is 0.778. The van der Waals surface area contributed by atoms with E-state index in [2.05, 4.69) is 5.32 Å². The molecule has 0 spiro atoms. The molecular weight excluding hydrogens is 301 g/mol. The van der Waals surface area contributed by atoms with E-state index in [-0.39, 0.29) is 0 Å². The summed E-state index contributed by atoms with van der Waals surface area (Å²) in [6.45, 7) is 2.68. The number of ketones is 1. The Morgan fingerprint density at radius 3 is 2.50 bits per heavy atom. The summed E-state index contributed by atoms with van der Waals surface area (Å²) < 4.78 is 39.7. The van der Waals surface area contributed by atoms with E-state index < -0.39 is 35.7 Å². The van der Waals surface area contributed by atoms with Crippen molar-refractivity contribution in [2.24, 2.45) is 5.92 Å². The molecule has 1 fully saturated rings. The molecule has 3 N–H and O–H groups in total. The molecule has 5 nitrogen and oxygen atoms in total. The van der Waals surface area contributed by atoms with E-state index in [1.807, 2.05) is 0 Å². The molecule has 8 heteroatoms. The zero-order valence-electron chi connectivity index (χ0n) is 11.9. The summed E-state index contributed by atoms with van der Waals surface area (Å²) in [4.78, 5) is 23.4. The highest BCUT2D eigenvalue weighted by Crippen LogP contribution is 2.42. The molecule has 1 saturated heterocycles. The van der Waals surface area contributed by atoms with Crippen LogP contribution in [0.2, 0.25) is 0 Å². The molecule has 0 bridgehead atoms. The van der Waals surface area contributed by atoms with Gasteiger partial charge in [0.15, 0.2) is 0 Å². The van der Waals surface area contributed by atoms with Gasteiger partial charge in [-0.1, -0.05) is 29.8 Å². The zero-order chi connectivity index (χ0) is 16.7. The van der Waals surface area contributed by atoms with Crippen LogP contribution in [0, 0.1) is 12.8 Å². The number of alkyl halides is 3. The van der Waals surface area contributed by atoms with Crippen LogP contribution in [0.25, 0.3) is 0 Å². The van der Waals surface area contributed by atoms with E-state index in [1.165, 1.54) is 11.4 Å². The molecular formula is C14H15F3N2O3. The average molecular weight is 316 g/mol. The summed E-state index contributed by atoms with van der Waals surface area (Å²) in [7, 11) is 0. The second kappa shape index (κ2) is 5.28. The second-order valence-corrected chi connectivity index (χ2v) is 5.34. The fraction of sp³-hybridized carbons (Fsp3) is 0.429. The third-order valence-corrected chi connectivity index (χ3v) is 3.65. The van der Waals surface area contributed by atoms with E-state index in [9.17, 15) is 27.9 Å². The number of rotatable bonds is 2. The van der Waals surface area contributed by atoms with Crippen LogP contribution in [0.5, 0.6) is 0 Å². The van der Waals surface area contributed by atoms with Gasteiger partial charge in [0, 0.05) is 0 Å². The first kappa shape index (κ1) is 16.3. The van der Waals surface area contributed by atoms with Gasteiger partial charge in [-0.3, -0.25) is 4.79 Å². The van der Waals surface area contributed by atoms with Crippen LogP contribution in [0.1, 0.15) is 24.1 Å². The van der Waals surface area contributed by atoms with E-state index in [4.69, 9.17) is 0 Å². The number of Topliss-reactive ketones (excluding diaryl/α,β-unsaturated/α-hetero) is 1. The Morgan fingerprint density at radius 2 is 2.00 bits per heavy atom. The number of halogens is 3. The maximum atomic E-state index is 13.2. The molecule has 120 valence electrons. The molecule has 0 saturated carbocycles. The first-order valence-corrected chi connectivity index (χ1v) is 6.51. The predicted octanol–water partition coefficient (Wildman–Crippen LogP) is 1.81. The Kier molecular flexibility index (Phi) is 3.90. The van der Waals surface area contributed by atoms with Gasteiger partial charge in [-0.2, -0.15) is 13.2 Å². The van der Waals surface area contributed by atoms with Crippen molar-refractivity contribution in [3.63, 3.8) is 0 Å². The highest BCUT2D eigenvalue weighted by molar-refractivity contribution is 5.86. The van der Waals surface area contributed by atoms with Gasteiger partial charge >= 0.3 is 12.2 Å². The third kappa shape index (κ3) is 2.66. The van der Waals surface area contributed by atoms with Crippen molar-refractivity contribution in [3.05, 3.63) is 35.4 Å². The van der Waals surface area contributed by atoms with Gasteiger partial charge in [0.2, 0.25) is 5.72 Å². The molecule has 22 heavy (non-hydrogen) atoms. The summed E-state index contributed by atoms with van der Waals surface area (Å²) in [5, 5.41) is 13.7. The van der Waals surface area contributed by atoms with Crippen LogP contribution >= 0.6 is 0 Å². The van der Waals surface area contributed by atoms with Crippen molar-refractivity contribution in [2.75, 3.05) is 0 Å². The number of aryl methyl sites for hydroxylation is 1. The Bertz CT molecular complexity index is 618. The van der Waals surface area contributed by atoms with E-state index in [0.717, 1.165) is 12.5 Å². The van der Waals surface area contributed by atoms with Crippen LogP contribution in [-0.2, 0) is 4.79 Å². The molecule has 0 aromatic heterocycles. The van der Waals surface area contributed by atoms with Crippen LogP contribution in [0.3, 0.4) is 0 Å². The number of urea groups is 1. The summed E-state index contributed by atoms with van der Waals surface area (Å²) in [5.74, 6) is -2.79. The lowest BCUT2D eigenvalue weighted by Gasteiger charge is -2.44. The van der Waals surface area contributed by atoms with Gasteiger partial charge < -0.3 is 15.7 Å². The molecule has 0 radical (unpaired) electrons. The predicted molar refractivity (Wildman–Crippen MR) is 70.8 cm³/mol. The Hall–Kier alpha value is -2.09. The maximum Gasteiger partial charge on any atom is 0.437 e. The van der Waals surface area contributed by atoms with Gasteiger partial charge in [-0.05, 0) is 19.4 Å². The molecule has 0 aliphatic carbocycles. The fourth-order valence-corrected chi connectivity index (χ4v) is 2.67. The van der Waals surface area contributed by atoms with E-state index in [0.29, 0.717) is 5.56 Å². The van der Waals surface area contributed by atoms with Crippen molar-refractivity contribution < 1.29 is 27.9 Å². The van der Waals surface area contributed by atoms with Crippen molar-refractivity contribution in [1.82, 2.24) is 10.6 Å². The number of hydrogen-bond acceptors (Lipinski definition) is 3. The monoisotopic (exact) mass is 316 g/mol. The number of benzene rings is 1. The third-order valence-electron chi connectivity index (χ3n) is 3.65. The van der Waals surface area contributed by atoms with Gasteiger partial charge in [-0.15, -0.1) is 0 Å². The Labute approximate surface area is 124 Å². The van der Waals surface area contributed by atoms with E-state index in [1.54, 1.807) is 25.1 Å². The summed E-state index contributed by atoms with van der Waals surface area (Å²) in [6.07, 6.45) is -5.19. The van der Waals surface area contributed by atoms with Gasteiger partial charge in [0.25, 0.3) is 0 Å². The molecule has 2 amide bonds. The van der Waals surface area contributed by atoms with Crippen molar-refractivity contribution in [1.29, 1.82) is 0 Å². The largest absolute Gasteiger partial charge is 0.437 e. The highest BCUT2D eigenvalue weighted by Gasteiger charge is 2.65. The smallest absolute Gasteiger partial charge is 0.363 e. The number of hydrogen-bond donors (Lipinski definition) is 3. The van der Waals surface area contributed by atoms with Crippen LogP contribution in [0.15, 0.2) is 24.3 Å². The number of aliphatic hydroxyl groups is 1. The normalized spacial score (nSPS) is 28.7. The lowest BCUT2D eigenvalue weighted by molar-refractivity contribution is -0.290. The maximum absolute atomic E-state index is 13.2. The summed E-state index contributed by atoms with van der Waals surface area (Å²) in [6, 6.07) is 3.91. The minimum Gasteiger partial charge on any atom is -0.363 e. The minimum absolute atomic E-state index is 0.317. The van der Waals surface area contributed by atoms with Crippen molar-refractivity contribution in [3.8, 4) is 0 Å².